The quantitative estimate of drug-likeness (QED) is 0.0322. The van der Waals surface area contributed by atoms with Gasteiger partial charge in [0.05, 0.1) is 33.6 Å². The third-order valence-electron chi connectivity index (χ3n) is 10.1. The zero-order chi connectivity index (χ0) is 38.5. The van der Waals surface area contributed by atoms with Gasteiger partial charge in [-0.15, -0.1) is 0 Å². The molecule has 6 nitrogen and oxygen atoms in total. The third kappa shape index (κ3) is 27.3. The molecule has 296 valence electrons. The van der Waals surface area contributed by atoms with Crippen molar-refractivity contribution in [2.24, 2.45) is 21.7 Å². The molecule has 6 heteroatoms. The Morgan fingerprint density at radius 3 is 1.88 bits per heavy atom. The van der Waals surface area contributed by atoms with Crippen molar-refractivity contribution in [1.29, 1.82) is 0 Å². The fourth-order valence-electron chi connectivity index (χ4n) is 8.42. The minimum absolute atomic E-state index is 0.0437. The van der Waals surface area contributed by atoms with Crippen LogP contribution in [-0.2, 0) is 19.1 Å². The average molecular weight is 708 g/mol. The molecule has 0 N–H and O–H groups in total. The van der Waals surface area contributed by atoms with Crippen LogP contribution in [0.3, 0.4) is 0 Å². The molecule has 0 saturated carbocycles. The van der Waals surface area contributed by atoms with Crippen LogP contribution < -0.4 is 0 Å². The second-order valence-corrected chi connectivity index (χ2v) is 19.8. The summed E-state index contributed by atoms with van der Waals surface area (Å²) in [5.74, 6) is -0.134. The Morgan fingerprint density at radius 1 is 0.680 bits per heavy atom. The smallest absolute Gasteiger partial charge is 0.306 e. The first kappa shape index (κ1) is 48.6. The van der Waals surface area contributed by atoms with E-state index in [1.165, 1.54) is 38.5 Å². The van der Waals surface area contributed by atoms with Crippen molar-refractivity contribution in [2.75, 3.05) is 54.4 Å². The van der Waals surface area contributed by atoms with Crippen LogP contribution >= 0.6 is 0 Å². The number of esters is 2. The number of unbranched alkanes of at least 4 members (excludes halogenated alkanes) is 5. The fourth-order valence-corrected chi connectivity index (χ4v) is 8.42. The van der Waals surface area contributed by atoms with Gasteiger partial charge < -0.3 is 18.9 Å². The molecule has 1 atom stereocenters. The Morgan fingerprint density at radius 2 is 1.28 bits per heavy atom. The number of carbonyl (C=O) groups excluding carboxylic acids is 2. The molecule has 0 amide bonds. The molecule has 0 saturated heterocycles. The molecular formula is C44H87N2O4+. The van der Waals surface area contributed by atoms with E-state index in [1.54, 1.807) is 0 Å². The molecule has 0 rings (SSSR count). The molecule has 0 aliphatic carbocycles. The van der Waals surface area contributed by atoms with Gasteiger partial charge in [0, 0.05) is 19.4 Å². The highest BCUT2D eigenvalue weighted by molar-refractivity contribution is 5.70. The van der Waals surface area contributed by atoms with E-state index in [2.05, 4.69) is 108 Å². The van der Waals surface area contributed by atoms with Gasteiger partial charge >= 0.3 is 11.9 Å². The van der Waals surface area contributed by atoms with E-state index in [4.69, 9.17) is 9.47 Å². The molecule has 1 unspecified atom stereocenters. The van der Waals surface area contributed by atoms with Crippen molar-refractivity contribution in [1.82, 2.24) is 4.90 Å². The lowest BCUT2D eigenvalue weighted by molar-refractivity contribution is -0.891. The summed E-state index contributed by atoms with van der Waals surface area (Å²) in [6, 6.07) is 0. The number of carbonyl (C=O) groups is 2. The summed E-state index contributed by atoms with van der Waals surface area (Å²) in [5, 5.41) is 0. The van der Waals surface area contributed by atoms with Crippen LogP contribution in [0.2, 0.25) is 0 Å². The molecule has 0 aromatic heterocycles. The Balaban J connectivity index is 5.05. The SMILES string of the molecule is CCCCCC/C=C\COC(=O)CCCC(C)(C)CC(C)(C)CCCC(CC[N+](C)(C)CCCC)OC(=O)CC(C)(C)CC(C)(C)CN(C)C. The summed E-state index contributed by atoms with van der Waals surface area (Å²) in [7, 11) is 8.85. The second-order valence-electron chi connectivity index (χ2n) is 19.8. The number of allylic oxidation sites excluding steroid dienone is 1. The Labute approximate surface area is 312 Å². The highest BCUT2D eigenvalue weighted by Gasteiger charge is 2.33. The standard InChI is InChI=1S/C44H87N2O4/c1-15-17-19-20-21-22-23-33-49-39(47)27-25-30-42(5,6)35-41(3,4)29-24-26-38(28-32-46(13,14)31-18-16-2)50-40(48)34-43(7,8)36-44(9,10)37-45(11)12/h22-23,38H,15-21,24-37H2,1-14H3/q+1/b23-22-. The molecular weight excluding hydrogens is 620 g/mol. The lowest BCUT2D eigenvalue weighted by atomic mass is 9.70. The largest absolute Gasteiger partial charge is 0.462 e. The van der Waals surface area contributed by atoms with Gasteiger partial charge in [-0.2, -0.15) is 0 Å². The summed E-state index contributed by atoms with van der Waals surface area (Å²) in [6.07, 6.45) is 21.4. The molecule has 0 aliphatic rings. The van der Waals surface area contributed by atoms with Crippen molar-refractivity contribution in [3.05, 3.63) is 12.2 Å². The maximum Gasteiger partial charge on any atom is 0.306 e. The van der Waals surface area contributed by atoms with E-state index >= 15 is 0 Å². The topological polar surface area (TPSA) is 55.8 Å². The van der Waals surface area contributed by atoms with Crippen LogP contribution in [0.25, 0.3) is 0 Å². The van der Waals surface area contributed by atoms with Gasteiger partial charge in [0.2, 0.25) is 0 Å². The third-order valence-corrected chi connectivity index (χ3v) is 10.1. The first-order valence-corrected chi connectivity index (χ1v) is 20.5. The van der Waals surface area contributed by atoms with E-state index in [-0.39, 0.29) is 39.7 Å². The maximum atomic E-state index is 13.4. The molecule has 0 heterocycles. The minimum atomic E-state index is -0.119. The van der Waals surface area contributed by atoms with Crippen molar-refractivity contribution in [3.63, 3.8) is 0 Å². The fraction of sp³-hybridized carbons (Fsp3) is 0.909. The lowest BCUT2D eigenvalue weighted by Crippen LogP contribution is -2.43. The van der Waals surface area contributed by atoms with E-state index < -0.39 is 0 Å². The molecule has 0 spiro atoms. The average Bonchev–Trinajstić information content (AvgIpc) is 2.93. The summed E-state index contributed by atoms with van der Waals surface area (Å²) in [5.41, 5.74) is 0.310. The van der Waals surface area contributed by atoms with Crippen LogP contribution in [-0.4, -0.2) is 81.9 Å². The van der Waals surface area contributed by atoms with Crippen LogP contribution in [0, 0.1) is 21.7 Å². The molecule has 0 radical (unpaired) electrons. The Bertz CT molecular complexity index is 948. The number of hydrogen-bond donors (Lipinski definition) is 0. The van der Waals surface area contributed by atoms with Gasteiger partial charge in [0.1, 0.15) is 12.7 Å². The van der Waals surface area contributed by atoms with Gasteiger partial charge in [-0.3, -0.25) is 9.59 Å². The highest BCUT2D eigenvalue weighted by atomic mass is 16.5. The highest BCUT2D eigenvalue weighted by Crippen LogP contribution is 2.41. The normalized spacial score (nSPS) is 14.1. The molecule has 0 bridgehead atoms. The summed E-state index contributed by atoms with van der Waals surface area (Å²) < 4.78 is 12.7. The summed E-state index contributed by atoms with van der Waals surface area (Å²) >= 11 is 0. The van der Waals surface area contributed by atoms with Crippen LogP contribution in [0.15, 0.2) is 12.2 Å². The van der Waals surface area contributed by atoms with E-state index in [0.717, 1.165) is 81.9 Å². The van der Waals surface area contributed by atoms with Crippen molar-refractivity contribution < 1.29 is 23.5 Å². The second kappa shape index (κ2) is 24.0. The van der Waals surface area contributed by atoms with Gasteiger partial charge in [0.15, 0.2) is 0 Å². The van der Waals surface area contributed by atoms with Crippen molar-refractivity contribution in [3.8, 4) is 0 Å². The number of rotatable bonds is 30. The zero-order valence-electron chi connectivity index (χ0n) is 36.1. The van der Waals surface area contributed by atoms with Crippen LogP contribution in [0.5, 0.6) is 0 Å². The predicted molar refractivity (Wildman–Crippen MR) is 215 cm³/mol. The molecule has 0 aliphatic heterocycles. The van der Waals surface area contributed by atoms with Gasteiger partial charge in [0.25, 0.3) is 0 Å². The molecule has 0 fully saturated rings. The molecule has 0 aromatic carbocycles. The van der Waals surface area contributed by atoms with Gasteiger partial charge in [-0.25, -0.2) is 0 Å². The van der Waals surface area contributed by atoms with Crippen molar-refractivity contribution >= 4 is 11.9 Å². The lowest BCUT2D eigenvalue weighted by Gasteiger charge is -2.37. The van der Waals surface area contributed by atoms with E-state index in [1.807, 2.05) is 6.08 Å². The van der Waals surface area contributed by atoms with Crippen molar-refractivity contribution in [2.45, 2.75) is 184 Å². The number of ether oxygens (including phenoxy) is 2. The molecule has 50 heavy (non-hydrogen) atoms. The van der Waals surface area contributed by atoms with Gasteiger partial charge in [-0.05, 0) is 100.0 Å². The van der Waals surface area contributed by atoms with E-state index in [0.29, 0.717) is 19.4 Å². The number of hydrogen-bond acceptors (Lipinski definition) is 5. The summed E-state index contributed by atoms with van der Waals surface area (Å²) in [4.78, 5) is 28.0. The number of nitrogens with zero attached hydrogens (tertiary/aromatic N) is 2. The first-order chi connectivity index (χ1) is 23.0. The maximum absolute atomic E-state index is 13.4. The summed E-state index contributed by atoms with van der Waals surface area (Å²) in [6.45, 7) is 26.5. The van der Waals surface area contributed by atoms with Crippen LogP contribution in [0.4, 0.5) is 0 Å². The predicted octanol–water partition coefficient (Wildman–Crippen LogP) is 11.4. The first-order valence-electron chi connectivity index (χ1n) is 20.5. The van der Waals surface area contributed by atoms with E-state index in [9.17, 15) is 9.59 Å². The monoisotopic (exact) mass is 708 g/mol. The zero-order valence-corrected chi connectivity index (χ0v) is 36.1. The Hall–Kier alpha value is -1.40. The molecule has 0 aromatic rings. The Kier molecular flexibility index (Phi) is 23.3. The minimum Gasteiger partial charge on any atom is -0.462 e. The van der Waals surface area contributed by atoms with Gasteiger partial charge in [-0.1, -0.05) is 107 Å². The van der Waals surface area contributed by atoms with Crippen LogP contribution in [0.1, 0.15) is 178 Å². The number of quaternary nitrogens is 1.